The average molecular weight is 382 g/mol. The lowest BCUT2D eigenvalue weighted by Gasteiger charge is -2.25. The Kier molecular flexibility index (Phi) is 7.35. The lowest BCUT2D eigenvalue weighted by molar-refractivity contribution is -0.134. The third kappa shape index (κ3) is 6.82. The van der Waals surface area contributed by atoms with Crippen LogP contribution < -0.4 is 10.6 Å². The van der Waals surface area contributed by atoms with Crippen molar-refractivity contribution in [3.63, 3.8) is 0 Å². The SMILES string of the molecule is Cc1ccc([C@H](NCC(=O)N(C)CC(=O)NC(C)(C)C)c2ccccc2)cc1. The summed E-state index contributed by atoms with van der Waals surface area (Å²) < 4.78 is 0. The summed E-state index contributed by atoms with van der Waals surface area (Å²) in [6.45, 7) is 7.99. The minimum Gasteiger partial charge on any atom is -0.350 e. The molecule has 2 N–H and O–H groups in total. The lowest BCUT2D eigenvalue weighted by Crippen LogP contribution is -2.47. The number of rotatable bonds is 7. The number of hydrogen-bond acceptors (Lipinski definition) is 3. The summed E-state index contributed by atoms with van der Waals surface area (Å²) >= 11 is 0. The molecule has 0 fully saturated rings. The number of amides is 2. The number of carbonyl (C=O) groups is 2. The van der Waals surface area contributed by atoms with Crippen LogP contribution >= 0.6 is 0 Å². The summed E-state index contributed by atoms with van der Waals surface area (Å²) in [5.41, 5.74) is 3.06. The number of hydrogen-bond donors (Lipinski definition) is 2. The van der Waals surface area contributed by atoms with Crippen LogP contribution in [0.1, 0.15) is 43.5 Å². The van der Waals surface area contributed by atoms with Gasteiger partial charge in [-0.3, -0.25) is 14.9 Å². The van der Waals surface area contributed by atoms with Crippen molar-refractivity contribution in [3.8, 4) is 0 Å². The third-order valence-electron chi connectivity index (χ3n) is 4.32. The minimum atomic E-state index is -0.316. The molecular formula is C23H31N3O2. The topological polar surface area (TPSA) is 61.4 Å². The Bertz CT molecular complexity index is 780. The first kappa shape index (κ1) is 21.6. The highest BCUT2D eigenvalue weighted by Crippen LogP contribution is 2.22. The van der Waals surface area contributed by atoms with Crippen molar-refractivity contribution in [2.45, 2.75) is 39.3 Å². The summed E-state index contributed by atoms with van der Waals surface area (Å²) in [7, 11) is 1.65. The zero-order valence-electron chi connectivity index (χ0n) is 17.5. The normalized spacial score (nSPS) is 12.3. The number of benzene rings is 2. The minimum absolute atomic E-state index is 0.0400. The van der Waals surface area contributed by atoms with E-state index in [1.165, 1.54) is 10.5 Å². The largest absolute Gasteiger partial charge is 0.350 e. The van der Waals surface area contributed by atoms with Gasteiger partial charge in [0.1, 0.15) is 0 Å². The van der Waals surface area contributed by atoms with Gasteiger partial charge in [-0.25, -0.2) is 0 Å². The Hall–Kier alpha value is -2.66. The Morgan fingerprint density at radius 3 is 2.11 bits per heavy atom. The molecule has 2 rings (SSSR count). The van der Waals surface area contributed by atoms with E-state index in [0.717, 1.165) is 11.1 Å². The zero-order chi connectivity index (χ0) is 20.7. The lowest BCUT2D eigenvalue weighted by atomic mass is 9.98. The predicted molar refractivity (Wildman–Crippen MR) is 113 cm³/mol. The monoisotopic (exact) mass is 381 g/mol. The number of carbonyl (C=O) groups excluding carboxylic acids is 2. The summed E-state index contributed by atoms with van der Waals surface area (Å²) in [5.74, 6) is -0.293. The van der Waals surface area contributed by atoms with Crippen LogP contribution in [0.25, 0.3) is 0 Å². The van der Waals surface area contributed by atoms with Gasteiger partial charge in [0.25, 0.3) is 0 Å². The molecule has 5 nitrogen and oxygen atoms in total. The van der Waals surface area contributed by atoms with Gasteiger partial charge in [0.15, 0.2) is 0 Å². The molecule has 28 heavy (non-hydrogen) atoms. The maximum Gasteiger partial charge on any atom is 0.240 e. The fraction of sp³-hybridized carbons (Fsp3) is 0.391. The first-order valence-electron chi connectivity index (χ1n) is 9.55. The first-order chi connectivity index (χ1) is 13.2. The number of nitrogens with zero attached hydrogens (tertiary/aromatic N) is 1. The molecule has 0 saturated carbocycles. The molecule has 2 aromatic carbocycles. The average Bonchev–Trinajstić information content (AvgIpc) is 2.62. The van der Waals surface area contributed by atoms with Crippen molar-refractivity contribution in [2.24, 2.45) is 0 Å². The van der Waals surface area contributed by atoms with Gasteiger partial charge in [0.2, 0.25) is 11.8 Å². The molecule has 0 spiro atoms. The summed E-state index contributed by atoms with van der Waals surface area (Å²) in [6, 6.07) is 18.2. The molecule has 2 amide bonds. The van der Waals surface area contributed by atoms with Crippen LogP contribution in [0.3, 0.4) is 0 Å². The second-order valence-corrected chi connectivity index (χ2v) is 8.18. The fourth-order valence-corrected chi connectivity index (χ4v) is 2.92. The van der Waals surface area contributed by atoms with E-state index in [1.807, 2.05) is 51.1 Å². The highest BCUT2D eigenvalue weighted by molar-refractivity contribution is 5.85. The molecule has 0 bridgehead atoms. The van der Waals surface area contributed by atoms with E-state index in [1.54, 1.807) is 7.05 Å². The number of likely N-dealkylation sites (N-methyl/N-ethyl adjacent to an activating group) is 1. The second kappa shape index (κ2) is 9.51. The molecule has 0 aromatic heterocycles. The predicted octanol–water partition coefficient (Wildman–Crippen LogP) is 3.05. The molecule has 2 aromatic rings. The molecule has 5 heteroatoms. The molecule has 1 atom stereocenters. The summed E-state index contributed by atoms with van der Waals surface area (Å²) in [5, 5.41) is 6.22. The van der Waals surface area contributed by atoms with Crippen molar-refractivity contribution in [3.05, 3.63) is 71.3 Å². The number of aryl methyl sites for hydroxylation is 1. The molecule has 0 saturated heterocycles. The molecule has 0 unspecified atom stereocenters. The van der Waals surface area contributed by atoms with Crippen molar-refractivity contribution in [1.29, 1.82) is 0 Å². The van der Waals surface area contributed by atoms with E-state index in [2.05, 4.69) is 41.8 Å². The van der Waals surface area contributed by atoms with Gasteiger partial charge in [-0.15, -0.1) is 0 Å². The Morgan fingerprint density at radius 2 is 1.54 bits per heavy atom. The molecule has 0 aliphatic heterocycles. The number of nitrogens with one attached hydrogen (secondary N) is 2. The van der Waals surface area contributed by atoms with Crippen LogP contribution in [-0.2, 0) is 9.59 Å². The van der Waals surface area contributed by atoms with E-state index in [4.69, 9.17) is 0 Å². The van der Waals surface area contributed by atoms with Gasteiger partial charge in [0, 0.05) is 12.6 Å². The van der Waals surface area contributed by atoms with E-state index < -0.39 is 0 Å². The van der Waals surface area contributed by atoms with E-state index in [0.29, 0.717) is 0 Å². The van der Waals surface area contributed by atoms with Gasteiger partial charge in [-0.1, -0.05) is 60.2 Å². The van der Waals surface area contributed by atoms with Crippen molar-refractivity contribution < 1.29 is 9.59 Å². The first-order valence-corrected chi connectivity index (χ1v) is 9.55. The zero-order valence-corrected chi connectivity index (χ0v) is 17.5. The van der Waals surface area contributed by atoms with E-state index in [-0.39, 0.29) is 36.5 Å². The highest BCUT2D eigenvalue weighted by Gasteiger charge is 2.20. The Labute approximate surface area is 168 Å². The molecule has 150 valence electrons. The van der Waals surface area contributed by atoms with Gasteiger partial charge < -0.3 is 10.2 Å². The Morgan fingerprint density at radius 1 is 0.964 bits per heavy atom. The maximum absolute atomic E-state index is 12.5. The summed E-state index contributed by atoms with van der Waals surface area (Å²) in [4.78, 5) is 26.1. The molecule has 0 aliphatic rings. The highest BCUT2D eigenvalue weighted by atomic mass is 16.2. The van der Waals surface area contributed by atoms with Gasteiger partial charge in [0.05, 0.1) is 19.1 Å². The van der Waals surface area contributed by atoms with Crippen molar-refractivity contribution >= 4 is 11.8 Å². The second-order valence-electron chi connectivity index (χ2n) is 8.18. The summed E-state index contributed by atoms with van der Waals surface area (Å²) in [6.07, 6.45) is 0. The van der Waals surface area contributed by atoms with E-state index in [9.17, 15) is 9.59 Å². The van der Waals surface area contributed by atoms with Crippen LogP contribution in [0.2, 0.25) is 0 Å². The van der Waals surface area contributed by atoms with E-state index >= 15 is 0 Å². The molecule has 0 heterocycles. The van der Waals surface area contributed by atoms with Crippen molar-refractivity contribution in [1.82, 2.24) is 15.5 Å². The maximum atomic E-state index is 12.5. The third-order valence-corrected chi connectivity index (χ3v) is 4.32. The molecular weight excluding hydrogens is 350 g/mol. The molecule has 0 aliphatic carbocycles. The van der Waals surface area contributed by atoms with Crippen LogP contribution in [0.15, 0.2) is 54.6 Å². The van der Waals surface area contributed by atoms with Crippen molar-refractivity contribution in [2.75, 3.05) is 20.1 Å². The van der Waals surface area contributed by atoms with Gasteiger partial charge in [-0.05, 0) is 38.8 Å². The smallest absolute Gasteiger partial charge is 0.240 e. The fourth-order valence-electron chi connectivity index (χ4n) is 2.92. The molecule has 0 radical (unpaired) electrons. The standard InChI is InChI=1S/C23H31N3O2/c1-17-11-13-19(14-12-17)22(18-9-7-6-8-10-18)24-15-21(28)26(5)16-20(27)25-23(2,3)4/h6-14,22,24H,15-16H2,1-5H3,(H,25,27)/t22-/m1/s1. The van der Waals surface area contributed by atoms with Gasteiger partial charge >= 0.3 is 0 Å². The quantitative estimate of drug-likeness (QED) is 0.775. The Balaban J connectivity index is 2.03. The van der Waals surface area contributed by atoms with Gasteiger partial charge in [-0.2, -0.15) is 0 Å². The van der Waals surface area contributed by atoms with Crippen LogP contribution in [0.5, 0.6) is 0 Å². The van der Waals surface area contributed by atoms with Crippen LogP contribution in [0, 0.1) is 6.92 Å². The van der Waals surface area contributed by atoms with Crippen LogP contribution in [0.4, 0.5) is 0 Å². The van der Waals surface area contributed by atoms with Crippen LogP contribution in [-0.4, -0.2) is 42.4 Å².